The van der Waals surface area contributed by atoms with Gasteiger partial charge in [0.2, 0.25) is 5.69 Å². The first kappa shape index (κ1) is 18.2. The molecule has 0 radical (unpaired) electrons. The SMILES string of the molecule is [C-]#[N+]c1c(-c2c(-c3ccc4c(=O)[nH]nc(CN)c4c3)cnn2C)ccc2nscc12. The first-order valence-corrected chi connectivity index (χ1v) is 9.94. The molecule has 0 amide bonds. The minimum atomic E-state index is -0.258. The normalized spacial score (nSPS) is 11.2. The van der Waals surface area contributed by atoms with E-state index in [1.807, 2.05) is 36.7 Å². The van der Waals surface area contributed by atoms with Crippen LogP contribution >= 0.6 is 11.5 Å². The Morgan fingerprint density at radius 1 is 1.20 bits per heavy atom. The van der Waals surface area contributed by atoms with Gasteiger partial charge in [-0.1, -0.05) is 12.1 Å². The van der Waals surface area contributed by atoms with Crippen LogP contribution in [0.25, 0.3) is 48.9 Å². The molecule has 30 heavy (non-hydrogen) atoms. The third-order valence-electron chi connectivity index (χ3n) is 5.19. The Labute approximate surface area is 174 Å². The van der Waals surface area contributed by atoms with Crippen LogP contribution in [0.1, 0.15) is 5.69 Å². The summed E-state index contributed by atoms with van der Waals surface area (Å²) in [5, 5.41) is 15.0. The first-order chi connectivity index (χ1) is 14.6. The molecule has 3 heterocycles. The summed E-state index contributed by atoms with van der Waals surface area (Å²) in [6.07, 6.45) is 1.77. The lowest BCUT2D eigenvalue weighted by molar-refractivity contribution is 0.776. The molecule has 0 atom stereocenters. The molecule has 3 N–H and O–H groups in total. The molecule has 3 aromatic heterocycles. The summed E-state index contributed by atoms with van der Waals surface area (Å²) in [4.78, 5) is 16.0. The quantitative estimate of drug-likeness (QED) is 0.440. The van der Waals surface area contributed by atoms with E-state index in [1.165, 1.54) is 11.5 Å². The molecule has 0 saturated carbocycles. The molecule has 0 aliphatic heterocycles. The Morgan fingerprint density at radius 2 is 2.07 bits per heavy atom. The third-order valence-corrected chi connectivity index (χ3v) is 5.84. The zero-order valence-electron chi connectivity index (χ0n) is 15.9. The van der Waals surface area contributed by atoms with Crippen molar-refractivity contribution in [1.29, 1.82) is 0 Å². The molecule has 146 valence electrons. The summed E-state index contributed by atoms with van der Waals surface area (Å²) in [6, 6.07) is 9.38. The molecule has 0 fully saturated rings. The van der Waals surface area contributed by atoms with Gasteiger partial charge in [0, 0.05) is 40.9 Å². The Morgan fingerprint density at radius 3 is 2.87 bits per heavy atom. The number of hydrogen-bond acceptors (Lipinski definition) is 6. The molecule has 8 nitrogen and oxygen atoms in total. The maximum absolute atomic E-state index is 12.2. The number of aryl methyl sites for hydroxylation is 1. The Hall–Kier alpha value is -3.87. The highest BCUT2D eigenvalue weighted by Gasteiger charge is 2.19. The van der Waals surface area contributed by atoms with E-state index in [2.05, 4.69) is 24.5 Å². The monoisotopic (exact) mass is 413 g/mol. The highest BCUT2D eigenvalue weighted by Crippen LogP contribution is 2.41. The fourth-order valence-corrected chi connectivity index (χ4v) is 4.41. The second-order valence-electron chi connectivity index (χ2n) is 6.82. The van der Waals surface area contributed by atoms with Crippen molar-refractivity contribution in [3.8, 4) is 22.4 Å². The van der Waals surface area contributed by atoms with E-state index in [9.17, 15) is 4.79 Å². The fourth-order valence-electron chi connectivity index (χ4n) is 3.75. The summed E-state index contributed by atoms with van der Waals surface area (Å²) < 4.78 is 6.10. The van der Waals surface area contributed by atoms with Gasteiger partial charge in [0.15, 0.2) is 0 Å². The van der Waals surface area contributed by atoms with Gasteiger partial charge in [-0.2, -0.15) is 14.6 Å². The minimum absolute atomic E-state index is 0.209. The molecule has 5 rings (SSSR count). The van der Waals surface area contributed by atoms with E-state index < -0.39 is 0 Å². The lowest BCUT2D eigenvalue weighted by Crippen LogP contribution is -2.13. The van der Waals surface area contributed by atoms with Crippen LogP contribution in [0, 0.1) is 6.57 Å². The smallest absolute Gasteiger partial charge is 0.272 e. The van der Waals surface area contributed by atoms with Gasteiger partial charge in [-0.05, 0) is 35.3 Å². The predicted octanol–water partition coefficient (Wildman–Crippen LogP) is 3.61. The maximum Gasteiger partial charge on any atom is 0.272 e. The van der Waals surface area contributed by atoms with Gasteiger partial charge in [0.05, 0.1) is 35.1 Å². The van der Waals surface area contributed by atoms with E-state index >= 15 is 0 Å². The van der Waals surface area contributed by atoms with Crippen LogP contribution in [0.3, 0.4) is 0 Å². The van der Waals surface area contributed by atoms with Crippen LogP contribution in [0.15, 0.2) is 46.7 Å². The number of fused-ring (bicyclic) bond motifs is 2. The molecule has 5 aromatic rings. The summed E-state index contributed by atoms with van der Waals surface area (Å²) in [5.74, 6) is 0. The van der Waals surface area contributed by atoms with Gasteiger partial charge in [-0.25, -0.2) is 9.94 Å². The van der Waals surface area contributed by atoms with Gasteiger partial charge in [0.25, 0.3) is 5.56 Å². The highest BCUT2D eigenvalue weighted by molar-refractivity contribution is 7.04. The van der Waals surface area contributed by atoms with Gasteiger partial charge in [-0.15, -0.1) is 0 Å². The van der Waals surface area contributed by atoms with Gasteiger partial charge < -0.3 is 5.73 Å². The van der Waals surface area contributed by atoms with Crippen LogP contribution in [-0.2, 0) is 13.6 Å². The highest BCUT2D eigenvalue weighted by atomic mass is 32.1. The van der Waals surface area contributed by atoms with Crippen LogP contribution in [0.5, 0.6) is 0 Å². The molecule has 0 saturated heterocycles. The molecular formula is C21H15N7OS. The third kappa shape index (κ3) is 2.62. The summed E-state index contributed by atoms with van der Waals surface area (Å²) in [7, 11) is 1.85. The Kier molecular flexibility index (Phi) is 4.17. The van der Waals surface area contributed by atoms with E-state index in [4.69, 9.17) is 12.3 Å². The molecule has 0 spiro atoms. The number of rotatable bonds is 3. The van der Waals surface area contributed by atoms with E-state index in [-0.39, 0.29) is 12.1 Å². The Bertz CT molecular complexity index is 1540. The van der Waals surface area contributed by atoms with Crippen molar-refractivity contribution >= 4 is 38.9 Å². The molecule has 0 aliphatic rings. The second-order valence-corrected chi connectivity index (χ2v) is 7.44. The van der Waals surface area contributed by atoms with E-state index in [0.717, 1.165) is 33.3 Å². The van der Waals surface area contributed by atoms with E-state index in [0.29, 0.717) is 22.2 Å². The predicted molar refractivity (Wildman–Crippen MR) is 117 cm³/mol. The molecule has 0 unspecified atom stereocenters. The number of benzene rings is 2. The minimum Gasteiger partial charge on any atom is -0.325 e. The average Bonchev–Trinajstić information content (AvgIpc) is 3.39. The van der Waals surface area contributed by atoms with Crippen molar-refractivity contribution in [1.82, 2.24) is 24.4 Å². The number of H-pyrrole nitrogens is 1. The van der Waals surface area contributed by atoms with Gasteiger partial charge in [-0.3, -0.25) is 9.48 Å². The zero-order valence-corrected chi connectivity index (χ0v) is 16.7. The molecule has 0 aliphatic carbocycles. The van der Waals surface area contributed by atoms with Gasteiger partial charge >= 0.3 is 0 Å². The van der Waals surface area contributed by atoms with Crippen molar-refractivity contribution in [2.24, 2.45) is 12.8 Å². The van der Waals surface area contributed by atoms with Crippen LogP contribution in [0.4, 0.5) is 5.69 Å². The van der Waals surface area contributed by atoms with Crippen molar-refractivity contribution < 1.29 is 0 Å². The number of aromatic nitrogens is 5. The lowest BCUT2D eigenvalue weighted by Gasteiger charge is -2.11. The Balaban J connectivity index is 1.79. The first-order valence-electron chi connectivity index (χ1n) is 9.11. The van der Waals surface area contributed by atoms with Crippen molar-refractivity contribution in [3.63, 3.8) is 0 Å². The standard InChI is InChI=1S/C21H15N7OS/c1-23-19-13(5-6-17-16(19)10-30-27-17)20-15(9-24-28(20)2)11-3-4-12-14(7-11)18(8-22)25-26-21(12)29/h3-7,9-10H,8,22H2,2H3,(H,26,29). The number of nitrogens with zero attached hydrogens (tertiary/aromatic N) is 5. The zero-order chi connectivity index (χ0) is 20.8. The molecule has 0 bridgehead atoms. The number of nitrogens with one attached hydrogen (secondary N) is 1. The van der Waals surface area contributed by atoms with Crippen LogP contribution in [0.2, 0.25) is 0 Å². The molecule has 2 aromatic carbocycles. The van der Waals surface area contributed by atoms with Crippen molar-refractivity contribution in [2.45, 2.75) is 6.54 Å². The average molecular weight is 413 g/mol. The summed E-state index contributed by atoms with van der Waals surface area (Å²) in [5.41, 5.74) is 10.9. The number of aromatic amines is 1. The van der Waals surface area contributed by atoms with Crippen molar-refractivity contribution in [3.05, 3.63) is 69.4 Å². The topological polar surface area (TPSA) is 107 Å². The largest absolute Gasteiger partial charge is 0.325 e. The molecular weight excluding hydrogens is 398 g/mol. The number of hydrogen-bond donors (Lipinski definition) is 2. The summed E-state index contributed by atoms with van der Waals surface area (Å²) in [6.45, 7) is 7.96. The summed E-state index contributed by atoms with van der Waals surface area (Å²) >= 11 is 1.33. The lowest BCUT2D eigenvalue weighted by atomic mass is 9.97. The molecule has 9 heteroatoms. The van der Waals surface area contributed by atoms with Crippen LogP contribution < -0.4 is 11.3 Å². The van der Waals surface area contributed by atoms with E-state index in [1.54, 1.807) is 16.9 Å². The van der Waals surface area contributed by atoms with Gasteiger partial charge in [0.1, 0.15) is 0 Å². The maximum atomic E-state index is 12.2. The van der Waals surface area contributed by atoms with Crippen molar-refractivity contribution in [2.75, 3.05) is 0 Å². The fraction of sp³-hybridized carbons (Fsp3) is 0.0952. The number of nitrogens with two attached hydrogens (primary N) is 1. The second kappa shape index (κ2) is 6.88. The van der Waals surface area contributed by atoms with Crippen LogP contribution in [-0.4, -0.2) is 24.4 Å².